The van der Waals surface area contributed by atoms with E-state index in [1.54, 1.807) is 14.2 Å². The Morgan fingerprint density at radius 3 is 2.27 bits per heavy atom. The molecule has 0 bridgehead atoms. The summed E-state index contributed by atoms with van der Waals surface area (Å²) in [5, 5.41) is 0. The van der Waals surface area contributed by atoms with Crippen molar-refractivity contribution in [2.24, 2.45) is 0 Å². The summed E-state index contributed by atoms with van der Waals surface area (Å²) in [5.74, 6) is 0. The monoisotopic (exact) mass is 174 g/mol. The van der Waals surface area contributed by atoms with Crippen molar-refractivity contribution in [1.29, 1.82) is 0 Å². The van der Waals surface area contributed by atoms with Crippen LogP contribution >= 0.6 is 0 Å². The van der Waals surface area contributed by atoms with Crippen molar-refractivity contribution in [3.8, 4) is 0 Å². The number of rotatable bonds is 6. The summed E-state index contributed by atoms with van der Waals surface area (Å²) >= 11 is 0. The van der Waals surface area contributed by atoms with Crippen molar-refractivity contribution in [2.75, 3.05) is 14.2 Å². The van der Waals surface area contributed by atoms with E-state index < -0.39 is 9.28 Å². The van der Waals surface area contributed by atoms with Crippen molar-refractivity contribution in [1.82, 2.24) is 0 Å². The maximum Gasteiger partial charge on any atom is 0.324 e. The third-order valence-corrected chi connectivity index (χ3v) is 3.18. The lowest BCUT2D eigenvalue weighted by Crippen LogP contribution is -2.17. The Morgan fingerprint density at radius 1 is 1.18 bits per heavy atom. The van der Waals surface area contributed by atoms with E-state index in [1.807, 2.05) is 0 Å². The molecule has 11 heavy (non-hydrogen) atoms. The molecule has 0 aromatic carbocycles. The highest BCUT2D eigenvalue weighted by Gasteiger charge is 2.04. The van der Waals surface area contributed by atoms with Gasteiger partial charge in [0.2, 0.25) is 0 Å². The number of hydrogen-bond acceptors (Lipinski definition) is 2. The third kappa shape index (κ3) is 6.28. The molecule has 0 saturated carbocycles. The van der Waals surface area contributed by atoms with Crippen LogP contribution in [0.3, 0.4) is 0 Å². The highest BCUT2D eigenvalue weighted by atomic mass is 28.3. The molecule has 0 aliphatic heterocycles. The first-order valence-corrected chi connectivity index (χ1v) is 5.81. The van der Waals surface area contributed by atoms with Crippen LogP contribution in [0, 0.1) is 0 Å². The second-order valence-corrected chi connectivity index (χ2v) is 4.67. The predicted molar refractivity (Wildman–Crippen MR) is 50.0 cm³/mol. The minimum atomic E-state index is -1.32. The summed E-state index contributed by atoms with van der Waals surface area (Å²) in [6.07, 6.45) is 6.72. The van der Waals surface area contributed by atoms with Gasteiger partial charge in [-0.15, -0.1) is 0 Å². The summed E-state index contributed by atoms with van der Waals surface area (Å²) in [4.78, 5) is 0. The van der Waals surface area contributed by atoms with Gasteiger partial charge in [0.05, 0.1) is 0 Å². The first-order valence-electron chi connectivity index (χ1n) is 4.05. The fourth-order valence-corrected chi connectivity index (χ4v) is 1.77. The quantitative estimate of drug-likeness (QED) is 0.452. The first kappa shape index (κ1) is 10.9. The molecule has 0 unspecified atom stereocenters. The highest BCUT2D eigenvalue weighted by molar-refractivity contribution is 6.44. The normalized spacial score (nSPS) is 11.6. The zero-order chi connectivity index (χ0) is 8.53. The van der Waals surface area contributed by atoms with Crippen LogP contribution in [-0.2, 0) is 8.85 Å². The second-order valence-electron chi connectivity index (χ2n) is 2.40. The standard InChI is InChI=1S/C8H18O2Si/c1-4-5-6-7-8-11(9-2)10-3/h6-7,11H,4-5,8H2,1-3H3. The van der Waals surface area contributed by atoms with Crippen LogP contribution in [0.4, 0.5) is 0 Å². The fraction of sp³-hybridized carbons (Fsp3) is 0.750. The molecule has 0 rings (SSSR count). The maximum atomic E-state index is 5.15. The molecule has 0 aromatic rings. The lowest BCUT2D eigenvalue weighted by atomic mass is 10.3. The molecule has 0 fully saturated rings. The molecule has 2 nitrogen and oxygen atoms in total. The highest BCUT2D eigenvalue weighted by Crippen LogP contribution is 1.97. The molecule has 0 aliphatic rings. The van der Waals surface area contributed by atoms with Gasteiger partial charge >= 0.3 is 9.28 Å². The average Bonchev–Trinajstić information content (AvgIpc) is 2.05. The van der Waals surface area contributed by atoms with Gasteiger partial charge in [0.1, 0.15) is 0 Å². The van der Waals surface area contributed by atoms with Crippen LogP contribution in [0.25, 0.3) is 0 Å². The Hall–Kier alpha value is -0.123. The topological polar surface area (TPSA) is 18.5 Å². The van der Waals surface area contributed by atoms with Crippen LogP contribution in [-0.4, -0.2) is 23.5 Å². The number of unbranched alkanes of at least 4 members (excludes halogenated alkanes) is 1. The van der Waals surface area contributed by atoms with Crippen LogP contribution in [0.5, 0.6) is 0 Å². The third-order valence-electron chi connectivity index (χ3n) is 1.48. The Bertz CT molecular complexity index is 100. The Kier molecular flexibility index (Phi) is 7.89. The predicted octanol–water partition coefficient (Wildman–Crippen LogP) is 1.86. The van der Waals surface area contributed by atoms with Gasteiger partial charge in [0.15, 0.2) is 0 Å². The molecule has 0 atom stereocenters. The van der Waals surface area contributed by atoms with Gasteiger partial charge in [-0.2, -0.15) is 0 Å². The Balaban J connectivity index is 3.33. The second kappa shape index (κ2) is 7.98. The van der Waals surface area contributed by atoms with Gasteiger partial charge in [-0.3, -0.25) is 0 Å². The maximum absolute atomic E-state index is 5.15. The molecule has 0 N–H and O–H groups in total. The van der Waals surface area contributed by atoms with E-state index in [4.69, 9.17) is 8.85 Å². The van der Waals surface area contributed by atoms with Crippen LogP contribution in [0.15, 0.2) is 12.2 Å². The number of hydrogen-bond donors (Lipinski definition) is 0. The van der Waals surface area contributed by atoms with E-state index in [-0.39, 0.29) is 0 Å². The largest absolute Gasteiger partial charge is 0.400 e. The zero-order valence-electron chi connectivity index (χ0n) is 7.67. The van der Waals surface area contributed by atoms with Crippen molar-refractivity contribution < 1.29 is 8.85 Å². The van der Waals surface area contributed by atoms with Gasteiger partial charge in [-0.1, -0.05) is 25.5 Å². The molecular formula is C8H18O2Si. The number of allylic oxidation sites excluding steroid dienone is 2. The Morgan fingerprint density at radius 2 is 1.82 bits per heavy atom. The van der Waals surface area contributed by atoms with E-state index >= 15 is 0 Å². The van der Waals surface area contributed by atoms with Crippen molar-refractivity contribution in [2.45, 2.75) is 25.8 Å². The lowest BCUT2D eigenvalue weighted by molar-refractivity contribution is 0.281. The molecule has 0 aromatic heterocycles. The van der Waals surface area contributed by atoms with Crippen molar-refractivity contribution in [3.05, 3.63) is 12.2 Å². The summed E-state index contributed by atoms with van der Waals surface area (Å²) in [5.41, 5.74) is 0. The lowest BCUT2D eigenvalue weighted by Gasteiger charge is -2.06. The SMILES string of the molecule is CCCC=CC[SiH](OC)OC. The molecule has 0 amide bonds. The van der Waals surface area contributed by atoms with E-state index in [0.717, 1.165) is 12.5 Å². The molecule has 3 heteroatoms. The van der Waals surface area contributed by atoms with Gasteiger partial charge in [0.25, 0.3) is 0 Å². The van der Waals surface area contributed by atoms with E-state index in [0.29, 0.717) is 0 Å². The molecule has 0 radical (unpaired) electrons. The smallest absolute Gasteiger partial charge is 0.324 e. The minimum absolute atomic E-state index is 0.979. The fourth-order valence-electron chi connectivity index (χ4n) is 0.781. The molecule has 0 aliphatic carbocycles. The van der Waals surface area contributed by atoms with Crippen LogP contribution in [0.1, 0.15) is 19.8 Å². The summed E-state index contributed by atoms with van der Waals surface area (Å²) in [6.45, 7) is 2.17. The Labute approximate surface area is 71.1 Å². The first-order chi connectivity index (χ1) is 5.35. The van der Waals surface area contributed by atoms with E-state index in [2.05, 4.69) is 19.1 Å². The summed E-state index contributed by atoms with van der Waals surface area (Å²) < 4.78 is 10.3. The van der Waals surface area contributed by atoms with E-state index in [9.17, 15) is 0 Å². The van der Waals surface area contributed by atoms with Crippen molar-refractivity contribution >= 4 is 9.28 Å². The molecular weight excluding hydrogens is 156 g/mol. The average molecular weight is 174 g/mol. The van der Waals surface area contributed by atoms with Crippen molar-refractivity contribution in [3.63, 3.8) is 0 Å². The summed E-state index contributed by atoms with van der Waals surface area (Å²) in [6, 6.07) is 0.979. The zero-order valence-corrected chi connectivity index (χ0v) is 8.82. The summed E-state index contributed by atoms with van der Waals surface area (Å²) in [7, 11) is 2.11. The molecule has 0 heterocycles. The van der Waals surface area contributed by atoms with E-state index in [1.165, 1.54) is 6.42 Å². The van der Waals surface area contributed by atoms with Gasteiger partial charge in [0, 0.05) is 20.3 Å². The minimum Gasteiger partial charge on any atom is -0.400 e. The molecule has 0 saturated heterocycles. The molecule has 66 valence electrons. The molecule has 0 spiro atoms. The van der Waals surface area contributed by atoms with Gasteiger partial charge < -0.3 is 8.85 Å². The van der Waals surface area contributed by atoms with Crippen LogP contribution in [0.2, 0.25) is 6.04 Å². The van der Waals surface area contributed by atoms with Crippen LogP contribution < -0.4 is 0 Å². The van der Waals surface area contributed by atoms with Gasteiger partial charge in [-0.05, 0) is 6.42 Å². The van der Waals surface area contributed by atoms with Gasteiger partial charge in [-0.25, -0.2) is 0 Å².